The van der Waals surface area contributed by atoms with Gasteiger partial charge in [-0.3, -0.25) is 0 Å². The standard InChI is InChI=1S/C12H14BrN3OS/c1-8(9-4-3-5-10(13)6-9)14-12-15-11(7-17-2)16-18-12/h3-6,8H,7H2,1-2H3,(H,14,15,16). The van der Waals surface area contributed by atoms with Crippen molar-refractivity contribution >= 4 is 32.6 Å². The molecule has 1 aromatic heterocycles. The van der Waals surface area contributed by atoms with Gasteiger partial charge >= 0.3 is 0 Å². The van der Waals surface area contributed by atoms with Crippen LogP contribution < -0.4 is 5.32 Å². The Bertz CT molecular complexity index is 518. The van der Waals surface area contributed by atoms with Gasteiger partial charge in [0.2, 0.25) is 5.13 Å². The number of benzene rings is 1. The highest BCUT2D eigenvalue weighted by Gasteiger charge is 2.09. The Hall–Kier alpha value is -0.980. The molecule has 0 aliphatic carbocycles. The van der Waals surface area contributed by atoms with E-state index in [0.29, 0.717) is 12.4 Å². The van der Waals surface area contributed by atoms with E-state index in [4.69, 9.17) is 4.74 Å². The van der Waals surface area contributed by atoms with E-state index in [1.807, 2.05) is 12.1 Å². The van der Waals surface area contributed by atoms with Crippen LogP contribution >= 0.6 is 27.5 Å². The molecule has 6 heteroatoms. The number of halogens is 1. The monoisotopic (exact) mass is 327 g/mol. The number of methoxy groups -OCH3 is 1. The van der Waals surface area contributed by atoms with Crippen LogP contribution in [0.3, 0.4) is 0 Å². The molecule has 2 aromatic rings. The van der Waals surface area contributed by atoms with Crippen LogP contribution in [0, 0.1) is 0 Å². The van der Waals surface area contributed by atoms with Gasteiger partial charge in [0.25, 0.3) is 0 Å². The second kappa shape index (κ2) is 6.26. The predicted molar refractivity (Wildman–Crippen MR) is 76.8 cm³/mol. The molecule has 0 aliphatic rings. The fourth-order valence-corrected chi connectivity index (χ4v) is 2.62. The molecule has 1 aromatic carbocycles. The molecule has 0 fully saturated rings. The number of rotatable bonds is 5. The Morgan fingerprint density at radius 1 is 1.50 bits per heavy atom. The Morgan fingerprint density at radius 2 is 2.33 bits per heavy atom. The van der Waals surface area contributed by atoms with E-state index in [-0.39, 0.29) is 6.04 Å². The quantitative estimate of drug-likeness (QED) is 0.911. The van der Waals surface area contributed by atoms with E-state index in [1.165, 1.54) is 17.1 Å². The van der Waals surface area contributed by atoms with Crippen molar-refractivity contribution < 1.29 is 4.74 Å². The van der Waals surface area contributed by atoms with Crippen LogP contribution in [-0.2, 0) is 11.3 Å². The maximum atomic E-state index is 4.99. The van der Waals surface area contributed by atoms with Gasteiger partial charge < -0.3 is 10.1 Å². The molecular formula is C12H14BrN3OS. The van der Waals surface area contributed by atoms with Gasteiger partial charge in [0.15, 0.2) is 5.82 Å². The fraction of sp³-hybridized carbons (Fsp3) is 0.333. The number of hydrogen-bond donors (Lipinski definition) is 1. The molecule has 0 aliphatic heterocycles. The van der Waals surface area contributed by atoms with Gasteiger partial charge in [-0.05, 0) is 24.6 Å². The minimum atomic E-state index is 0.186. The molecule has 1 unspecified atom stereocenters. The van der Waals surface area contributed by atoms with Gasteiger partial charge in [-0.15, -0.1) is 0 Å². The Morgan fingerprint density at radius 3 is 3.06 bits per heavy atom. The summed E-state index contributed by atoms with van der Waals surface area (Å²) in [5.41, 5.74) is 1.20. The van der Waals surface area contributed by atoms with E-state index in [0.717, 1.165) is 9.60 Å². The zero-order valence-electron chi connectivity index (χ0n) is 10.2. The molecule has 1 heterocycles. The van der Waals surface area contributed by atoms with Gasteiger partial charge in [-0.25, -0.2) is 4.98 Å². The number of ether oxygens (including phenoxy) is 1. The van der Waals surface area contributed by atoms with Crippen LogP contribution in [0.5, 0.6) is 0 Å². The van der Waals surface area contributed by atoms with E-state index < -0.39 is 0 Å². The lowest BCUT2D eigenvalue weighted by molar-refractivity contribution is 0.179. The van der Waals surface area contributed by atoms with Gasteiger partial charge in [0, 0.05) is 23.1 Å². The van der Waals surface area contributed by atoms with Crippen molar-refractivity contribution in [2.24, 2.45) is 0 Å². The average Bonchev–Trinajstić information content (AvgIpc) is 2.77. The van der Waals surface area contributed by atoms with Crippen LogP contribution in [0.4, 0.5) is 5.13 Å². The van der Waals surface area contributed by atoms with Crippen LogP contribution in [0.25, 0.3) is 0 Å². The lowest BCUT2D eigenvalue weighted by Gasteiger charge is -2.13. The van der Waals surface area contributed by atoms with E-state index >= 15 is 0 Å². The Kier molecular flexibility index (Phi) is 4.68. The van der Waals surface area contributed by atoms with E-state index in [2.05, 4.69) is 49.7 Å². The first kappa shape index (κ1) is 13.5. The third-order valence-corrected chi connectivity index (χ3v) is 3.61. The lowest BCUT2D eigenvalue weighted by atomic mass is 10.1. The largest absolute Gasteiger partial charge is 0.377 e. The molecular weight excluding hydrogens is 314 g/mol. The summed E-state index contributed by atoms with van der Waals surface area (Å²) in [7, 11) is 1.64. The minimum absolute atomic E-state index is 0.186. The lowest BCUT2D eigenvalue weighted by Crippen LogP contribution is -2.06. The second-order valence-corrected chi connectivity index (χ2v) is 5.54. The number of aromatic nitrogens is 2. The van der Waals surface area contributed by atoms with Crippen molar-refractivity contribution in [3.05, 3.63) is 40.1 Å². The molecule has 0 saturated carbocycles. The van der Waals surface area contributed by atoms with Crippen molar-refractivity contribution in [3.8, 4) is 0 Å². The Labute approximate surface area is 119 Å². The molecule has 0 spiro atoms. The molecule has 1 atom stereocenters. The maximum absolute atomic E-state index is 4.99. The van der Waals surface area contributed by atoms with Crippen LogP contribution in [0.2, 0.25) is 0 Å². The summed E-state index contributed by atoms with van der Waals surface area (Å²) in [6, 6.07) is 8.39. The minimum Gasteiger partial charge on any atom is -0.377 e. The highest BCUT2D eigenvalue weighted by Crippen LogP contribution is 2.23. The molecule has 0 amide bonds. The van der Waals surface area contributed by atoms with Crippen molar-refractivity contribution in [1.82, 2.24) is 9.36 Å². The summed E-state index contributed by atoms with van der Waals surface area (Å²) >= 11 is 4.82. The summed E-state index contributed by atoms with van der Waals surface area (Å²) in [4.78, 5) is 4.35. The average molecular weight is 328 g/mol. The third kappa shape index (κ3) is 3.51. The van der Waals surface area contributed by atoms with Crippen LogP contribution in [0.15, 0.2) is 28.7 Å². The summed E-state index contributed by atoms with van der Waals surface area (Å²) in [6.45, 7) is 2.54. The first-order chi connectivity index (χ1) is 8.69. The molecule has 96 valence electrons. The summed E-state index contributed by atoms with van der Waals surface area (Å²) < 4.78 is 10.3. The molecule has 0 saturated heterocycles. The van der Waals surface area contributed by atoms with Gasteiger partial charge in [-0.1, -0.05) is 28.1 Å². The number of anilines is 1. The molecule has 0 bridgehead atoms. The molecule has 2 rings (SSSR count). The number of nitrogens with one attached hydrogen (secondary N) is 1. The molecule has 0 radical (unpaired) electrons. The van der Waals surface area contributed by atoms with Gasteiger partial charge in [0.1, 0.15) is 6.61 Å². The SMILES string of the molecule is COCc1nsc(NC(C)c2cccc(Br)c2)n1. The van der Waals surface area contributed by atoms with Crippen molar-refractivity contribution in [2.75, 3.05) is 12.4 Å². The van der Waals surface area contributed by atoms with Crippen molar-refractivity contribution in [1.29, 1.82) is 0 Å². The van der Waals surface area contributed by atoms with Gasteiger partial charge in [0.05, 0.1) is 6.04 Å². The Balaban J connectivity index is 2.04. The molecule has 4 nitrogen and oxygen atoms in total. The van der Waals surface area contributed by atoms with Crippen LogP contribution in [-0.4, -0.2) is 16.5 Å². The maximum Gasteiger partial charge on any atom is 0.203 e. The third-order valence-electron chi connectivity index (χ3n) is 2.43. The smallest absolute Gasteiger partial charge is 0.203 e. The highest BCUT2D eigenvalue weighted by atomic mass is 79.9. The summed E-state index contributed by atoms with van der Waals surface area (Å²) in [6.07, 6.45) is 0. The predicted octanol–water partition coefficient (Wildman–Crippen LogP) is 3.62. The topological polar surface area (TPSA) is 47.0 Å². The summed E-state index contributed by atoms with van der Waals surface area (Å²) in [5.74, 6) is 0.714. The fourth-order valence-electron chi connectivity index (χ4n) is 1.54. The van der Waals surface area contributed by atoms with E-state index in [1.54, 1.807) is 7.11 Å². The van der Waals surface area contributed by atoms with E-state index in [9.17, 15) is 0 Å². The highest BCUT2D eigenvalue weighted by molar-refractivity contribution is 9.10. The van der Waals surface area contributed by atoms with Gasteiger partial charge in [-0.2, -0.15) is 4.37 Å². The zero-order chi connectivity index (χ0) is 13.0. The van der Waals surface area contributed by atoms with Crippen molar-refractivity contribution in [3.63, 3.8) is 0 Å². The second-order valence-electron chi connectivity index (χ2n) is 3.87. The molecule has 18 heavy (non-hydrogen) atoms. The molecule has 1 N–H and O–H groups in total. The first-order valence-electron chi connectivity index (χ1n) is 5.52. The number of hydrogen-bond acceptors (Lipinski definition) is 5. The van der Waals surface area contributed by atoms with Crippen molar-refractivity contribution in [2.45, 2.75) is 19.6 Å². The first-order valence-corrected chi connectivity index (χ1v) is 7.09. The normalized spacial score (nSPS) is 12.4. The van der Waals surface area contributed by atoms with Crippen LogP contribution in [0.1, 0.15) is 24.4 Å². The zero-order valence-corrected chi connectivity index (χ0v) is 12.6. The summed E-state index contributed by atoms with van der Waals surface area (Å²) in [5, 5.41) is 4.15. The number of nitrogens with zero attached hydrogens (tertiary/aromatic N) is 2.